The van der Waals surface area contributed by atoms with Crippen molar-refractivity contribution >= 4 is 5.78 Å². The summed E-state index contributed by atoms with van der Waals surface area (Å²) in [5.41, 5.74) is 0.710. The Bertz CT molecular complexity index is 374. The monoisotopic (exact) mass is 205 g/mol. The van der Waals surface area contributed by atoms with Crippen LogP contribution in [0.15, 0.2) is 24.3 Å². The van der Waals surface area contributed by atoms with Crippen LogP contribution < -0.4 is 4.74 Å². The molecule has 0 bridgehead atoms. The number of nitrogens with zero attached hydrogens (tertiary/aromatic N) is 1. The van der Waals surface area contributed by atoms with E-state index in [0.29, 0.717) is 24.3 Å². The lowest BCUT2D eigenvalue weighted by molar-refractivity contribution is 0.0939. The molecule has 1 aliphatic rings. The molecule has 0 saturated heterocycles. The highest BCUT2D eigenvalue weighted by Crippen LogP contribution is 2.24. The maximum Gasteiger partial charge on any atom is 0.168 e. The number of carbonyl (C=O) groups is 1. The second kappa shape index (κ2) is 4.03. The van der Waals surface area contributed by atoms with Gasteiger partial charge in [-0.1, -0.05) is 12.1 Å². The number of hydrogen-bond donors (Lipinski definition) is 0. The van der Waals surface area contributed by atoms with Crippen molar-refractivity contribution in [3.63, 3.8) is 0 Å². The first-order chi connectivity index (χ1) is 7.18. The van der Waals surface area contributed by atoms with Crippen LogP contribution in [0.25, 0.3) is 0 Å². The quantitative estimate of drug-likeness (QED) is 0.697. The number of likely N-dealkylation sites (N-methyl/N-ethyl adjacent to an activating group) is 1. The molecular weight excluding hydrogens is 190 g/mol. The zero-order chi connectivity index (χ0) is 10.8. The van der Waals surface area contributed by atoms with Crippen molar-refractivity contribution in [2.45, 2.75) is 12.5 Å². The van der Waals surface area contributed by atoms with Crippen molar-refractivity contribution < 1.29 is 9.53 Å². The molecule has 15 heavy (non-hydrogen) atoms. The summed E-state index contributed by atoms with van der Waals surface area (Å²) in [5, 5.41) is 0. The summed E-state index contributed by atoms with van der Waals surface area (Å²) >= 11 is 0. The molecule has 3 nitrogen and oxygen atoms in total. The number of hydrogen-bond acceptors (Lipinski definition) is 3. The predicted molar refractivity (Wildman–Crippen MR) is 58.4 cm³/mol. The van der Waals surface area contributed by atoms with Gasteiger partial charge in [-0.3, -0.25) is 4.79 Å². The van der Waals surface area contributed by atoms with Crippen LogP contribution in [0.1, 0.15) is 16.8 Å². The van der Waals surface area contributed by atoms with Crippen LogP contribution >= 0.6 is 0 Å². The average molecular weight is 205 g/mol. The molecule has 0 aliphatic carbocycles. The van der Waals surface area contributed by atoms with E-state index in [1.54, 1.807) is 0 Å². The maximum absolute atomic E-state index is 11.9. The number of para-hydroxylation sites is 1. The van der Waals surface area contributed by atoms with Crippen LogP contribution in [-0.4, -0.2) is 37.4 Å². The first-order valence-electron chi connectivity index (χ1n) is 5.10. The summed E-state index contributed by atoms with van der Waals surface area (Å²) in [6.45, 7) is 0.579. The Balaban J connectivity index is 2.28. The molecule has 3 heteroatoms. The van der Waals surface area contributed by atoms with Crippen molar-refractivity contribution in [2.24, 2.45) is 0 Å². The van der Waals surface area contributed by atoms with Gasteiger partial charge < -0.3 is 9.64 Å². The van der Waals surface area contributed by atoms with E-state index in [1.807, 2.05) is 43.3 Å². The van der Waals surface area contributed by atoms with E-state index in [0.717, 1.165) is 0 Å². The highest BCUT2D eigenvalue weighted by Gasteiger charge is 2.24. The van der Waals surface area contributed by atoms with Crippen LogP contribution in [0.4, 0.5) is 0 Å². The molecule has 0 fully saturated rings. The van der Waals surface area contributed by atoms with Gasteiger partial charge in [0, 0.05) is 6.42 Å². The Kier molecular flexibility index (Phi) is 2.73. The Labute approximate surface area is 89.7 Å². The van der Waals surface area contributed by atoms with E-state index in [4.69, 9.17) is 4.74 Å². The van der Waals surface area contributed by atoms with Gasteiger partial charge in [0.2, 0.25) is 0 Å². The zero-order valence-corrected chi connectivity index (χ0v) is 9.06. The highest BCUT2D eigenvalue weighted by atomic mass is 16.5. The van der Waals surface area contributed by atoms with E-state index in [2.05, 4.69) is 0 Å². The third-order valence-electron chi connectivity index (χ3n) is 2.77. The molecule has 0 N–H and O–H groups in total. The Morgan fingerprint density at radius 1 is 1.33 bits per heavy atom. The van der Waals surface area contributed by atoms with Crippen LogP contribution in [0, 0.1) is 0 Å². The van der Waals surface area contributed by atoms with Crippen molar-refractivity contribution in [3.8, 4) is 5.75 Å². The molecule has 2 rings (SSSR count). The topological polar surface area (TPSA) is 29.5 Å². The number of benzene rings is 1. The van der Waals surface area contributed by atoms with Gasteiger partial charge in [0.15, 0.2) is 5.78 Å². The number of ketones is 1. The van der Waals surface area contributed by atoms with Crippen LogP contribution in [0.2, 0.25) is 0 Å². The number of fused-ring (bicyclic) bond motifs is 1. The second-order valence-electron chi connectivity index (χ2n) is 4.05. The van der Waals surface area contributed by atoms with E-state index < -0.39 is 0 Å². The fourth-order valence-electron chi connectivity index (χ4n) is 1.72. The molecule has 0 amide bonds. The lowest BCUT2D eigenvalue weighted by Gasteiger charge is -2.20. The van der Waals surface area contributed by atoms with Gasteiger partial charge >= 0.3 is 0 Å². The van der Waals surface area contributed by atoms with Gasteiger partial charge in [-0.25, -0.2) is 0 Å². The van der Waals surface area contributed by atoms with Gasteiger partial charge in [-0.05, 0) is 26.2 Å². The van der Waals surface area contributed by atoms with Crippen molar-refractivity contribution in [2.75, 3.05) is 20.7 Å². The summed E-state index contributed by atoms with van der Waals surface area (Å²) in [6, 6.07) is 7.61. The summed E-state index contributed by atoms with van der Waals surface area (Å²) < 4.78 is 5.63. The van der Waals surface area contributed by atoms with Gasteiger partial charge in [0.05, 0.1) is 11.6 Å². The minimum Gasteiger partial charge on any atom is -0.491 e. The number of carbonyl (C=O) groups excluding carboxylic acids is 1. The molecular formula is C12H15NO2. The van der Waals surface area contributed by atoms with Crippen LogP contribution in [0.3, 0.4) is 0 Å². The van der Waals surface area contributed by atoms with Crippen molar-refractivity contribution in [1.29, 1.82) is 0 Å². The Morgan fingerprint density at radius 3 is 2.80 bits per heavy atom. The molecule has 0 saturated carbocycles. The van der Waals surface area contributed by atoms with E-state index in [1.165, 1.54) is 0 Å². The molecule has 1 aromatic rings. The lowest BCUT2D eigenvalue weighted by Crippen LogP contribution is -2.34. The maximum atomic E-state index is 11.9. The third-order valence-corrected chi connectivity index (χ3v) is 2.77. The Hall–Kier alpha value is -1.35. The molecule has 0 radical (unpaired) electrons. The second-order valence-corrected chi connectivity index (χ2v) is 4.05. The molecule has 1 atom stereocenters. The fourth-order valence-corrected chi connectivity index (χ4v) is 1.72. The van der Waals surface area contributed by atoms with E-state index in [-0.39, 0.29) is 11.8 Å². The minimum atomic E-state index is 0.168. The molecule has 1 unspecified atom stereocenters. The predicted octanol–water partition coefficient (Wildman–Crippen LogP) is 1.58. The van der Waals surface area contributed by atoms with E-state index >= 15 is 0 Å². The zero-order valence-electron chi connectivity index (χ0n) is 9.06. The van der Waals surface area contributed by atoms with Gasteiger partial charge in [0.25, 0.3) is 0 Å². The number of ether oxygens (including phenoxy) is 1. The molecule has 80 valence electrons. The standard InChI is InChI=1S/C12H15NO2/c1-13(2)9-7-11(14)10-5-3-4-6-12(10)15-8-9/h3-6,9H,7-8H2,1-2H3. The van der Waals surface area contributed by atoms with Crippen molar-refractivity contribution in [1.82, 2.24) is 4.90 Å². The normalized spacial score (nSPS) is 20.7. The summed E-state index contributed by atoms with van der Waals surface area (Å²) in [6.07, 6.45) is 0.532. The molecule has 0 aromatic heterocycles. The fraction of sp³-hybridized carbons (Fsp3) is 0.417. The van der Waals surface area contributed by atoms with Gasteiger partial charge in [-0.2, -0.15) is 0 Å². The largest absolute Gasteiger partial charge is 0.491 e. The van der Waals surface area contributed by atoms with E-state index in [9.17, 15) is 4.79 Å². The SMILES string of the molecule is CN(C)C1COc2ccccc2C(=O)C1. The summed E-state index contributed by atoms with van der Waals surface area (Å²) in [5.74, 6) is 0.883. The Morgan fingerprint density at radius 2 is 2.07 bits per heavy atom. The van der Waals surface area contributed by atoms with Gasteiger partial charge in [-0.15, -0.1) is 0 Å². The number of rotatable bonds is 1. The molecule has 1 aromatic carbocycles. The summed E-state index contributed by atoms with van der Waals surface area (Å²) in [4.78, 5) is 13.9. The minimum absolute atomic E-state index is 0.168. The molecule has 1 aliphatic heterocycles. The van der Waals surface area contributed by atoms with Crippen LogP contribution in [0.5, 0.6) is 5.75 Å². The molecule has 1 heterocycles. The summed E-state index contributed by atoms with van der Waals surface area (Å²) in [7, 11) is 3.94. The first-order valence-corrected chi connectivity index (χ1v) is 5.10. The van der Waals surface area contributed by atoms with Crippen molar-refractivity contribution in [3.05, 3.63) is 29.8 Å². The third kappa shape index (κ3) is 2.02. The van der Waals surface area contributed by atoms with Crippen LogP contribution in [-0.2, 0) is 0 Å². The first kappa shape index (κ1) is 10.2. The average Bonchev–Trinajstić information content (AvgIpc) is 2.39. The lowest BCUT2D eigenvalue weighted by atomic mass is 10.0. The van der Waals surface area contributed by atoms with Gasteiger partial charge in [0.1, 0.15) is 12.4 Å². The number of Topliss-reactive ketones (excluding diaryl/α,β-unsaturated/α-hetero) is 1. The smallest absolute Gasteiger partial charge is 0.168 e. The molecule has 0 spiro atoms. The highest BCUT2D eigenvalue weighted by molar-refractivity contribution is 5.99.